The first-order valence-corrected chi connectivity index (χ1v) is 12.7. The van der Waals surface area contributed by atoms with Gasteiger partial charge in [0.1, 0.15) is 11.6 Å². The largest absolute Gasteiger partial charge is 0.490 e. The van der Waals surface area contributed by atoms with Crippen molar-refractivity contribution in [3.05, 3.63) is 101 Å². The molecule has 0 N–H and O–H groups in total. The molecule has 1 aliphatic carbocycles. The van der Waals surface area contributed by atoms with Crippen LogP contribution < -0.4 is 4.74 Å². The third-order valence-corrected chi connectivity index (χ3v) is 7.23. The summed E-state index contributed by atoms with van der Waals surface area (Å²) in [5, 5.41) is 10.2. The number of ether oxygens (including phenoxy) is 1. The molecule has 0 amide bonds. The predicted molar refractivity (Wildman–Crippen MR) is 136 cm³/mol. The van der Waals surface area contributed by atoms with Gasteiger partial charge in [-0.15, -0.1) is 10.2 Å². The standard InChI is InChI=1S/C28H28ClN5O/c29-22-11-14-26-21(16-22)17-33(18-23-6-4-5-15-30-23)19-27-31-32-28(34(26)27)20-9-12-25(13-10-20)35-24-7-2-1-3-8-24/h1-8,11,14-16,20,25H,9-10,12-13,17-19H2. The number of benzene rings is 2. The van der Waals surface area contributed by atoms with E-state index >= 15 is 0 Å². The van der Waals surface area contributed by atoms with Gasteiger partial charge in [0.05, 0.1) is 24.0 Å². The molecule has 6 rings (SSSR count). The Hall–Kier alpha value is -3.22. The summed E-state index contributed by atoms with van der Waals surface area (Å²) >= 11 is 6.42. The second-order valence-corrected chi connectivity index (χ2v) is 9.89. The van der Waals surface area contributed by atoms with Crippen LogP contribution in [0.25, 0.3) is 5.69 Å². The van der Waals surface area contributed by atoms with Gasteiger partial charge < -0.3 is 4.74 Å². The molecule has 0 bridgehead atoms. The quantitative estimate of drug-likeness (QED) is 0.350. The van der Waals surface area contributed by atoms with Crippen LogP contribution in [0.3, 0.4) is 0 Å². The molecule has 4 aromatic rings. The Morgan fingerprint density at radius 1 is 0.886 bits per heavy atom. The molecule has 35 heavy (non-hydrogen) atoms. The minimum absolute atomic E-state index is 0.250. The van der Waals surface area contributed by atoms with Gasteiger partial charge in [0.15, 0.2) is 5.82 Å². The second-order valence-electron chi connectivity index (χ2n) is 9.45. The zero-order valence-electron chi connectivity index (χ0n) is 19.6. The van der Waals surface area contributed by atoms with Crippen molar-refractivity contribution in [2.24, 2.45) is 0 Å². The van der Waals surface area contributed by atoms with Crippen LogP contribution in [0.1, 0.15) is 54.5 Å². The van der Waals surface area contributed by atoms with E-state index in [4.69, 9.17) is 21.4 Å². The summed E-state index contributed by atoms with van der Waals surface area (Å²) < 4.78 is 8.51. The third-order valence-electron chi connectivity index (χ3n) is 6.99. The lowest BCUT2D eigenvalue weighted by Gasteiger charge is -2.29. The summed E-state index contributed by atoms with van der Waals surface area (Å²) in [5.74, 6) is 3.34. The lowest BCUT2D eigenvalue weighted by molar-refractivity contribution is 0.144. The van der Waals surface area contributed by atoms with E-state index in [0.717, 1.165) is 72.6 Å². The highest BCUT2D eigenvalue weighted by Gasteiger charge is 2.31. The topological polar surface area (TPSA) is 56.1 Å². The van der Waals surface area contributed by atoms with Crippen molar-refractivity contribution in [3.63, 3.8) is 0 Å². The monoisotopic (exact) mass is 485 g/mol. The molecule has 2 aromatic heterocycles. The van der Waals surface area contributed by atoms with Crippen LogP contribution in [0, 0.1) is 0 Å². The van der Waals surface area contributed by atoms with Gasteiger partial charge in [-0.25, -0.2) is 0 Å². The number of fused-ring (bicyclic) bond motifs is 3. The van der Waals surface area contributed by atoms with Crippen molar-refractivity contribution in [3.8, 4) is 11.4 Å². The van der Waals surface area contributed by atoms with E-state index in [1.54, 1.807) is 0 Å². The summed E-state index contributed by atoms with van der Waals surface area (Å²) in [5.41, 5.74) is 3.37. The summed E-state index contributed by atoms with van der Waals surface area (Å²) in [7, 11) is 0. The summed E-state index contributed by atoms with van der Waals surface area (Å²) in [6.07, 6.45) is 6.20. The van der Waals surface area contributed by atoms with Gasteiger partial charge in [-0.1, -0.05) is 35.9 Å². The van der Waals surface area contributed by atoms with Gasteiger partial charge in [0, 0.05) is 30.2 Å². The lowest BCUT2D eigenvalue weighted by Crippen LogP contribution is -2.25. The molecule has 0 unspecified atom stereocenters. The molecule has 0 atom stereocenters. The van der Waals surface area contributed by atoms with E-state index < -0.39 is 0 Å². The number of pyridine rings is 1. The Balaban J connectivity index is 1.25. The van der Waals surface area contributed by atoms with Crippen molar-refractivity contribution in [1.29, 1.82) is 0 Å². The number of hydrogen-bond acceptors (Lipinski definition) is 5. The Labute approximate surface area is 210 Å². The van der Waals surface area contributed by atoms with Crippen molar-refractivity contribution < 1.29 is 4.74 Å². The molecule has 2 aliphatic rings. The molecule has 1 aliphatic heterocycles. The maximum absolute atomic E-state index is 6.42. The SMILES string of the molecule is Clc1ccc2c(c1)CN(Cc1ccccn1)Cc1nnc(C3CCC(Oc4ccccc4)CC3)n1-2. The number of halogens is 1. The summed E-state index contributed by atoms with van der Waals surface area (Å²) in [6.45, 7) is 2.24. The van der Waals surface area contributed by atoms with E-state index in [1.807, 2.05) is 54.7 Å². The van der Waals surface area contributed by atoms with Crippen LogP contribution in [0.4, 0.5) is 0 Å². The smallest absolute Gasteiger partial charge is 0.151 e. The maximum Gasteiger partial charge on any atom is 0.151 e. The molecule has 178 valence electrons. The van der Waals surface area contributed by atoms with Gasteiger partial charge >= 0.3 is 0 Å². The lowest BCUT2D eigenvalue weighted by atomic mass is 9.86. The van der Waals surface area contributed by atoms with Crippen LogP contribution in [0.5, 0.6) is 5.75 Å². The fourth-order valence-corrected chi connectivity index (χ4v) is 5.51. The molecule has 2 aromatic carbocycles. The minimum Gasteiger partial charge on any atom is -0.490 e. The van der Waals surface area contributed by atoms with Crippen LogP contribution in [-0.2, 0) is 19.6 Å². The molecule has 0 spiro atoms. The fourth-order valence-electron chi connectivity index (χ4n) is 5.32. The van der Waals surface area contributed by atoms with Crippen molar-refractivity contribution in [1.82, 2.24) is 24.6 Å². The number of rotatable bonds is 5. The van der Waals surface area contributed by atoms with Crippen molar-refractivity contribution in [2.45, 2.75) is 57.3 Å². The molecular weight excluding hydrogens is 458 g/mol. The van der Waals surface area contributed by atoms with Gasteiger partial charge in [0.2, 0.25) is 0 Å². The van der Waals surface area contributed by atoms with E-state index in [9.17, 15) is 0 Å². The zero-order valence-corrected chi connectivity index (χ0v) is 20.3. The maximum atomic E-state index is 6.42. The molecule has 0 saturated heterocycles. The van der Waals surface area contributed by atoms with E-state index in [2.05, 4.69) is 37.7 Å². The summed E-state index contributed by atoms with van der Waals surface area (Å²) in [6, 6.07) is 22.3. The zero-order chi connectivity index (χ0) is 23.6. The minimum atomic E-state index is 0.250. The van der Waals surface area contributed by atoms with Crippen molar-refractivity contribution in [2.75, 3.05) is 0 Å². The molecule has 1 saturated carbocycles. The summed E-state index contributed by atoms with van der Waals surface area (Å²) in [4.78, 5) is 6.89. The molecule has 1 fully saturated rings. The van der Waals surface area contributed by atoms with Gasteiger partial charge in [-0.2, -0.15) is 0 Å². The molecule has 0 radical (unpaired) electrons. The van der Waals surface area contributed by atoms with Gasteiger partial charge in [0.25, 0.3) is 0 Å². The second kappa shape index (κ2) is 9.80. The Morgan fingerprint density at radius 3 is 2.51 bits per heavy atom. The number of para-hydroxylation sites is 1. The highest BCUT2D eigenvalue weighted by Crippen LogP contribution is 2.37. The first-order valence-electron chi connectivity index (χ1n) is 12.3. The van der Waals surface area contributed by atoms with Gasteiger partial charge in [-0.3, -0.25) is 14.5 Å². The van der Waals surface area contributed by atoms with Crippen LogP contribution in [-0.4, -0.2) is 30.8 Å². The first-order chi connectivity index (χ1) is 17.2. The Kier molecular flexibility index (Phi) is 6.23. The molecule has 6 nitrogen and oxygen atoms in total. The highest BCUT2D eigenvalue weighted by molar-refractivity contribution is 6.30. The average molecular weight is 486 g/mol. The first kappa shape index (κ1) is 22.3. The Morgan fingerprint density at radius 2 is 1.71 bits per heavy atom. The van der Waals surface area contributed by atoms with E-state index in [0.29, 0.717) is 12.5 Å². The van der Waals surface area contributed by atoms with Crippen molar-refractivity contribution >= 4 is 11.6 Å². The number of aromatic nitrogens is 4. The Bertz CT molecular complexity index is 1290. The predicted octanol–water partition coefficient (Wildman–Crippen LogP) is 5.94. The van der Waals surface area contributed by atoms with Gasteiger partial charge in [-0.05, 0) is 73.7 Å². The van der Waals surface area contributed by atoms with Crippen LogP contribution >= 0.6 is 11.6 Å². The molecule has 3 heterocycles. The van der Waals surface area contributed by atoms with E-state index in [1.165, 1.54) is 5.56 Å². The third kappa shape index (κ3) is 4.81. The average Bonchev–Trinajstić information content (AvgIpc) is 3.22. The molecular formula is C28H28ClN5O. The highest BCUT2D eigenvalue weighted by atomic mass is 35.5. The van der Waals surface area contributed by atoms with Crippen LogP contribution in [0.2, 0.25) is 5.02 Å². The fraction of sp³-hybridized carbons (Fsp3) is 0.321. The van der Waals surface area contributed by atoms with Crippen LogP contribution in [0.15, 0.2) is 72.9 Å². The number of hydrogen-bond donors (Lipinski definition) is 0. The number of nitrogens with zero attached hydrogens (tertiary/aromatic N) is 5. The normalized spacial score (nSPS) is 20.0. The molecule has 7 heteroatoms. The van der Waals surface area contributed by atoms with E-state index in [-0.39, 0.29) is 6.10 Å².